The summed E-state index contributed by atoms with van der Waals surface area (Å²) in [5, 5.41) is 11.5. The van der Waals surface area contributed by atoms with Crippen LogP contribution in [0.4, 0.5) is 0 Å². The number of aromatic amines is 2. The molecule has 0 spiro atoms. The number of allylic oxidation sites excluding steroid dienone is 4. The maximum absolute atomic E-state index is 12.6. The summed E-state index contributed by atoms with van der Waals surface area (Å²) in [5.41, 5.74) is 12.6. The van der Waals surface area contributed by atoms with Crippen molar-refractivity contribution < 1.29 is 4.79 Å². The predicted octanol–water partition coefficient (Wildman–Crippen LogP) is 4.92. The van der Waals surface area contributed by atoms with Crippen molar-refractivity contribution in [2.75, 3.05) is 0 Å². The number of benzene rings is 1. The van der Waals surface area contributed by atoms with Crippen molar-refractivity contribution in [1.29, 1.82) is 0 Å². The van der Waals surface area contributed by atoms with Crippen LogP contribution in [0.3, 0.4) is 0 Å². The lowest BCUT2D eigenvalue weighted by Gasteiger charge is -2.18. The average molecular weight is 522 g/mol. The minimum absolute atomic E-state index is 0.0830. The average Bonchev–Trinajstić information content (AvgIpc) is 3.63. The monoisotopic (exact) mass is 521 g/mol. The molecular weight excluding hydrogens is 490 g/mol. The molecular formula is C29H31N9O. The molecule has 0 aliphatic heterocycles. The van der Waals surface area contributed by atoms with E-state index in [-0.39, 0.29) is 5.91 Å². The van der Waals surface area contributed by atoms with Crippen molar-refractivity contribution in [1.82, 2.24) is 40.0 Å². The minimum Gasteiger partial charge on any atom is -0.404 e. The smallest absolute Gasteiger partial charge is 0.229 e. The summed E-state index contributed by atoms with van der Waals surface area (Å²) in [4.78, 5) is 29.5. The molecule has 0 aliphatic carbocycles. The predicted molar refractivity (Wildman–Crippen MR) is 153 cm³/mol. The fourth-order valence-electron chi connectivity index (χ4n) is 4.17. The van der Waals surface area contributed by atoms with E-state index in [0.717, 1.165) is 44.5 Å². The van der Waals surface area contributed by atoms with E-state index in [2.05, 4.69) is 30.5 Å². The van der Waals surface area contributed by atoms with Gasteiger partial charge in [-0.2, -0.15) is 5.10 Å². The first-order chi connectivity index (χ1) is 18.7. The van der Waals surface area contributed by atoms with Gasteiger partial charge >= 0.3 is 0 Å². The Kier molecular flexibility index (Phi) is 6.61. The molecule has 39 heavy (non-hydrogen) atoms. The second-order valence-corrected chi connectivity index (χ2v) is 10.3. The molecule has 4 aromatic heterocycles. The fraction of sp³-hybridized carbons (Fsp3) is 0.207. The molecule has 198 valence electrons. The van der Waals surface area contributed by atoms with E-state index in [9.17, 15) is 4.79 Å². The van der Waals surface area contributed by atoms with Crippen LogP contribution in [0, 0.1) is 12.3 Å². The van der Waals surface area contributed by atoms with Gasteiger partial charge in [-0.25, -0.2) is 9.97 Å². The first-order valence-electron chi connectivity index (χ1n) is 12.6. The zero-order valence-electron chi connectivity index (χ0n) is 22.6. The molecule has 10 heteroatoms. The van der Waals surface area contributed by atoms with Crippen LogP contribution in [0.15, 0.2) is 73.2 Å². The van der Waals surface area contributed by atoms with Gasteiger partial charge in [0.2, 0.25) is 5.91 Å². The van der Waals surface area contributed by atoms with Crippen LogP contribution >= 0.6 is 0 Å². The Morgan fingerprint density at radius 1 is 1.18 bits per heavy atom. The van der Waals surface area contributed by atoms with Crippen LogP contribution in [-0.4, -0.2) is 40.6 Å². The molecule has 0 radical (unpaired) electrons. The highest BCUT2D eigenvalue weighted by molar-refractivity contribution is 5.96. The lowest BCUT2D eigenvalue weighted by molar-refractivity contribution is -0.127. The van der Waals surface area contributed by atoms with Crippen molar-refractivity contribution in [3.63, 3.8) is 0 Å². The van der Waals surface area contributed by atoms with Crippen molar-refractivity contribution in [2.24, 2.45) is 11.1 Å². The Hall–Kier alpha value is -4.99. The number of amides is 1. The third-order valence-electron chi connectivity index (χ3n) is 6.26. The molecule has 0 saturated carbocycles. The van der Waals surface area contributed by atoms with Crippen LogP contribution in [0.1, 0.15) is 39.0 Å². The minimum atomic E-state index is -0.531. The lowest BCUT2D eigenvalue weighted by atomic mass is 9.95. The van der Waals surface area contributed by atoms with E-state index in [1.54, 1.807) is 18.7 Å². The molecule has 5 rings (SSSR count). The number of hydrogen-bond acceptors (Lipinski definition) is 6. The number of fused-ring (bicyclic) bond motifs is 2. The largest absolute Gasteiger partial charge is 0.404 e. The van der Waals surface area contributed by atoms with Gasteiger partial charge in [0.15, 0.2) is 5.82 Å². The van der Waals surface area contributed by atoms with Crippen molar-refractivity contribution in [3.8, 4) is 17.2 Å². The second kappa shape index (κ2) is 10.1. The number of nitrogens with zero attached hydrogens (tertiary/aromatic N) is 5. The molecule has 4 heterocycles. The Bertz CT molecular complexity index is 1770. The van der Waals surface area contributed by atoms with Gasteiger partial charge in [0.1, 0.15) is 11.2 Å². The third-order valence-corrected chi connectivity index (χ3v) is 6.26. The SMILES string of the molecule is C\C=C/C(=C\C(=C/N)c1ccc2[nH]nc(-c3nc4c(-n5cnc(C)c5)cncc4[nH]3)c2c1)NC(=O)C(C)(C)C. The van der Waals surface area contributed by atoms with E-state index < -0.39 is 5.41 Å². The summed E-state index contributed by atoms with van der Waals surface area (Å²) >= 11 is 0. The summed E-state index contributed by atoms with van der Waals surface area (Å²) in [7, 11) is 0. The zero-order chi connectivity index (χ0) is 27.7. The first kappa shape index (κ1) is 25.7. The van der Waals surface area contributed by atoms with Crippen molar-refractivity contribution >= 4 is 33.4 Å². The normalized spacial score (nSPS) is 13.2. The van der Waals surface area contributed by atoms with Gasteiger partial charge in [-0.05, 0) is 49.3 Å². The summed E-state index contributed by atoms with van der Waals surface area (Å²) in [6.07, 6.45) is 14.3. The molecule has 0 atom stereocenters. The van der Waals surface area contributed by atoms with Gasteiger partial charge in [0, 0.05) is 28.9 Å². The topological polar surface area (TPSA) is 143 Å². The zero-order valence-corrected chi connectivity index (χ0v) is 22.6. The molecule has 5 aromatic rings. The van der Waals surface area contributed by atoms with E-state index >= 15 is 0 Å². The quantitative estimate of drug-likeness (QED) is 0.234. The number of imidazole rings is 2. The molecule has 0 unspecified atom stereocenters. The number of nitrogens with two attached hydrogens (primary N) is 1. The van der Waals surface area contributed by atoms with Gasteiger partial charge in [-0.1, -0.05) is 32.9 Å². The standard InChI is InChI=1S/C29H31N9O/c1-6-7-20(33-28(39)29(3,4)5)10-19(12-30)18-8-9-22-21(11-18)25(37-36-22)27-34-23-13-31-14-24(26(23)35-27)38-15-17(2)32-16-38/h6-16H,30H2,1-5H3,(H,33,39)(H,34,35)(H,36,37)/b7-6-,19-12+,20-10+. The maximum atomic E-state index is 12.6. The summed E-state index contributed by atoms with van der Waals surface area (Å²) in [6.45, 7) is 9.45. The number of H-pyrrole nitrogens is 2. The van der Waals surface area contributed by atoms with Crippen LogP contribution < -0.4 is 11.1 Å². The van der Waals surface area contributed by atoms with Gasteiger partial charge < -0.3 is 20.6 Å². The second-order valence-electron chi connectivity index (χ2n) is 10.3. The molecule has 10 nitrogen and oxygen atoms in total. The van der Waals surface area contributed by atoms with Crippen molar-refractivity contribution in [3.05, 3.63) is 84.5 Å². The van der Waals surface area contributed by atoms with Crippen LogP contribution in [0.25, 0.3) is 44.7 Å². The Morgan fingerprint density at radius 3 is 2.69 bits per heavy atom. The molecule has 1 aromatic carbocycles. The number of carbonyl (C=O) groups excluding carboxylic acids is 1. The number of carbonyl (C=O) groups is 1. The van der Waals surface area contributed by atoms with Crippen molar-refractivity contribution in [2.45, 2.75) is 34.6 Å². The van der Waals surface area contributed by atoms with E-state index in [1.165, 1.54) is 6.20 Å². The van der Waals surface area contributed by atoms with Crippen LogP contribution in [-0.2, 0) is 4.79 Å². The Labute approximate surface area is 225 Å². The number of pyridine rings is 1. The molecule has 0 aliphatic rings. The highest BCUT2D eigenvalue weighted by Crippen LogP contribution is 2.30. The molecule has 0 bridgehead atoms. The van der Waals surface area contributed by atoms with Gasteiger partial charge in [-0.15, -0.1) is 0 Å². The number of aryl methyl sites for hydroxylation is 1. The number of hydrogen-bond donors (Lipinski definition) is 4. The Balaban J connectivity index is 1.55. The first-order valence-corrected chi connectivity index (χ1v) is 12.6. The summed E-state index contributed by atoms with van der Waals surface area (Å²) in [6, 6.07) is 5.92. The molecule has 5 N–H and O–H groups in total. The highest BCUT2D eigenvalue weighted by atomic mass is 16.2. The third kappa shape index (κ3) is 5.08. The lowest BCUT2D eigenvalue weighted by Crippen LogP contribution is -2.33. The van der Waals surface area contributed by atoms with E-state index in [4.69, 9.17) is 10.7 Å². The number of rotatable bonds is 6. The number of aromatic nitrogens is 7. The van der Waals surface area contributed by atoms with Gasteiger partial charge in [0.05, 0.1) is 41.1 Å². The van der Waals surface area contributed by atoms with Crippen LogP contribution in [0.2, 0.25) is 0 Å². The number of nitrogens with one attached hydrogen (secondary N) is 3. The van der Waals surface area contributed by atoms with E-state index in [0.29, 0.717) is 17.2 Å². The fourth-order valence-corrected chi connectivity index (χ4v) is 4.17. The molecule has 1 amide bonds. The Morgan fingerprint density at radius 2 is 2.00 bits per heavy atom. The summed E-state index contributed by atoms with van der Waals surface area (Å²) in [5.74, 6) is 0.528. The molecule has 0 fully saturated rings. The van der Waals surface area contributed by atoms with E-state index in [1.807, 2.05) is 81.8 Å². The maximum Gasteiger partial charge on any atom is 0.229 e. The van der Waals surface area contributed by atoms with Crippen LogP contribution in [0.5, 0.6) is 0 Å². The highest BCUT2D eigenvalue weighted by Gasteiger charge is 2.22. The summed E-state index contributed by atoms with van der Waals surface area (Å²) < 4.78 is 1.90. The molecule has 0 saturated heterocycles. The van der Waals surface area contributed by atoms with Gasteiger partial charge in [0.25, 0.3) is 0 Å². The van der Waals surface area contributed by atoms with Gasteiger partial charge in [-0.3, -0.25) is 14.9 Å².